The number of Topliss-reactive ketones (excluding diaryl/α,β-unsaturated/α-hetero) is 1. The molecule has 3 N–H and O–H groups in total. The minimum atomic E-state index is -0.449. The maximum absolute atomic E-state index is 13.2. The van der Waals surface area contributed by atoms with Crippen molar-refractivity contribution in [3.63, 3.8) is 0 Å². The van der Waals surface area contributed by atoms with Crippen LogP contribution in [0.1, 0.15) is 72.8 Å². The summed E-state index contributed by atoms with van der Waals surface area (Å²) >= 11 is 6.00. The Balaban J connectivity index is 1.41. The van der Waals surface area contributed by atoms with Crippen LogP contribution < -0.4 is 10.6 Å². The van der Waals surface area contributed by atoms with E-state index in [1.807, 2.05) is 6.92 Å². The number of carbonyl (C=O) groups excluding carboxylic acids is 3. The number of rotatable bonds is 11. The molecule has 1 aliphatic rings. The third-order valence-corrected chi connectivity index (χ3v) is 6.66. The van der Waals surface area contributed by atoms with Crippen molar-refractivity contribution >= 4 is 34.9 Å². The summed E-state index contributed by atoms with van der Waals surface area (Å²) in [7, 11) is 1.55. The average molecular weight is 507 g/mol. The van der Waals surface area contributed by atoms with Gasteiger partial charge in [0.15, 0.2) is 5.78 Å². The van der Waals surface area contributed by atoms with Gasteiger partial charge in [0.1, 0.15) is 17.2 Å². The molecule has 1 aromatic carbocycles. The van der Waals surface area contributed by atoms with Gasteiger partial charge in [-0.3, -0.25) is 14.4 Å². The maximum atomic E-state index is 13.2. The molecule has 1 heterocycles. The molecule has 1 fully saturated rings. The molecule has 1 aliphatic carbocycles. The average Bonchev–Trinajstić information content (AvgIpc) is 3.32. The van der Waals surface area contributed by atoms with Gasteiger partial charge >= 0.3 is 0 Å². The minimum Gasteiger partial charge on any atom is -0.383 e. The van der Waals surface area contributed by atoms with Crippen LogP contribution in [0.5, 0.6) is 0 Å². The Bertz CT molecular complexity index is 1040. The number of ketones is 1. The number of methoxy groups -OCH3 is 1. The van der Waals surface area contributed by atoms with Crippen molar-refractivity contribution in [1.82, 2.24) is 15.3 Å². The summed E-state index contributed by atoms with van der Waals surface area (Å²) in [5, 5.41) is 5.75. The Morgan fingerprint density at radius 2 is 2.00 bits per heavy atom. The molecule has 10 heteroatoms. The second kappa shape index (κ2) is 12.8. The van der Waals surface area contributed by atoms with Crippen LogP contribution in [-0.2, 0) is 9.53 Å². The third kappa shape index (κ3) is 7.60. The first-order valence-corrected chi connectivity index (χ1v) is 12.3. The van der Waals surface area contributed by atoms with Gasteiger partial charge in [-0.15, -0.1) is 0 Å². The lowest BCUT2D eigenvalue weighted by Crippen LogP contribution is -2.36. The van der Waals surface area contributed by atoms with Crippen LogP contribution in [0.15, 0.2) is 24.5 Å². The number of aromatic nitrogens is 2. The van der Waals surface area contributed by atoms with Crippen LogP contribution in [0, 0.1) is 17.7 Å². The van der Waals surface area contributed by atoms with Crippen molar-refractivity contribution in [2.24, 2.45) is 11.8 Å². The number of nitrogens with zero attached hydrogens (tertiary/aromatic N) is 1. The van der Waals surface area contributed by atoms with Gasteiger partial charge in [-0.05, 0) is 63.1 Å². The van der Waals surface area contributed by atoms with E-state index in [-0.39, 0.29) is 46.0 Å². The zero-order valence-electron chi connectivity index (χ0n) is 20.0. The Kier molecular flexibility index (Phi) is 9.80. The lowest BCUT2D eigenvalue weighted by atomic mass is 9.79. The molecule has 0 aliphatic heterocycles. The topological polar surface area (TPSA) is 113 Å². The molecule has 0 spiro atoms. The standard InChI is InChI=1S/C25H32ClFN4O4/c1-15(13-35-2)30-25(34)23-22(28-14-29-23)21(32)5-3-4-16-6-8-17(9-7-16)24(33)31-20-11-10-18(27)12-19(20)26/h10-12,14-17H,3-9,13H2,1-2H3,(H,28,29)(H,30,34)(H,31,33)/t15-,16?,17?/m1/s1. The SMILES string of the molecule is COC[C@@H](C)NC(=O)c1[nH]cnc1C(=O)CCCC1CCC(C(=O)Nc2ccc(F)cc2Cl)CC1. The number of ether oxygens (including phenoxy) is 1. The number of hydrogen-bond acceptors (Lipinski definition) is 5. The highest BCUT2D eigenvalue weighted by atomic mass is 35.5. The number of carbonyl (C=O) groups is 3. The molecule has 8 nitrogen and oxygen atoms in total. The summed E-state index contributed by atoms with van der Waals surface area (Å²) < 4.78 is 18.2. The number of H-pyrrole nitrogens is 1. The molecule has 1 aromatic heterocycles. The van der Waals surface area contributed by atoms with E-state index < -0.39 is 5.82 Å². The smallest absolute Gasteiger partial charge is 0.270 e. The predicted octanol–water partition coefficient (Wildman–Crippen LogP) is 4.77. The Hall–Kier alpha value is -2.78. The molecule has 1 saturated carbocycles. The van der Waals surface area contributed by atoms with Crippen molar-refractivity contribution in [2.45, 2.75) is 57.9 Å². The van der Waals surface area contributed by atoms with Gasteiger partial charge in [0.05, 0.1) is 23.6 Å². The number of benzene rings is 1. The quantitative estimate of drug-likeness (QED) is 0.380. The van der Waals surface area contributed by atoms with E-state index in [0.29, 0.717) is 31.1 Å². The van der Waals surface area contributed by atoms with Gasteiger partial charge in [-0.1, -0.05) is 18.0 Å². The van der Waals surface area contributed by atoms with Crippen LogP contribution in [0.25, 0.3) is 0 Å². The van der Waals surface area contributed by atoms with E-state index in [9.17, 15) is 18.8 Å². The lowest BCUT2D eigenvalue weighted by Gasteiger charge is -2.27. The highest BCUT2D eigenvalue weighted by Crippen LogP contribution is 2.33. The normalized spacial score (nSPS) is 18.6. The number of aromatic amines is 1. The summed E-state index contributed by atoms with van der Waals surface area (Å²) in [4.78, 5) is 44.5. The second-order valence-corrected chi connectivity index (χ2v) is 9.51. The van der Waals surface area contributed by atoms with Crippen molar-refractivity contribution in [1.29, 1.82) is 0 Å². The fourth-order valence-electron chi connectivity index (χ4n) is 4.48. The van der Waals surface area contributed by atoms with Crippen LogP contribution in [0.4, 0.5) is 10.1 Å². The Morgan fingerprint density at radius 1 is 1.26 bits per heavy atom. The van der Waals surface area contributed by atoms with Crippen molar-refractivity contribution in [3.8, 4) is 0 Å². The fourth-order valence-corrected chi connectivity index (χ4v) is 4.69. The highest BCUT2D eigenvalue weighted by molar-refractivity contribution is 6.33. The molecule has 0 unspecified atom stereocenters. The van der Waals surface area contributed by atoms with Gasteiger partial charge in [-0.2, -0.15) is 0 Å². The molecule has 190 valence electrons. The van der Waals surface area contributed by atoms with Crippen molar-refractivity contribution in [3.05, 3.63) is 46.8 Å². The summed E-state index contributed by atoms with van der Waals surface area (Å²) in [5.41, 5.74) is 0.746. The molecule has 0 saturated heterocycles. The summed E-state index contributed by atoms with van der Waals surface area (Å²) in [5.74, 6) is -0.765. The van der Waals surface area contributed by atoms with E-state index in [1.165, 1.54) is 24.5 Å². The Morgan fingerprint density at radius 3 is 2.69 bits per heavy atom. The van der Waals surface area contributed by atoms with Gasteiger partial charge in [0, 0.05) is 25.5 Å². The predicted molar refractivity (Wildman–Crippen MR) is 131 cm³/mol. The van der Waals surface area contributed by atoms with E-state index >= 15 is 0 Å². The zero-order valence-corrected chi connectivity index (χ0v) is 20.8. The molecule has 1 atom stereocenters. The van der Waals surface area contributed by atoms with Gasteiger partial charge < -0.3 is 20.4 Å². The van der Waals surface area contributed by atoms with Crippen LogP contribution >= 0.6 is 11.6 Å². The lowest BCUT2D eigenvalue weighted by molar-refractivity contribution is -0.121. The third-order valence-electron chi connectivity index (χ3n) is 6.35. The summed E-state index contributed by atoms with van der Waals surface area (Å²) in [6.07, 6.45) is 6.55. The fraction of sp³-hybridized carbons (Fsp3) is 0.520. The molecule has 0 radical (unpaired) electrons. The van der Waals surface area contributed by atoms with Crippen molar-refractivity contribution in [2.75, 3.05) is 19.0 Å². The number of amides is 2. The van der Waals surface area contributed by atoms with E-state index in [4.69, 9.17) is 16.3 Å². The molecule has 3 rings (SSSR count). The number of anilines is 1. The summed E-state index contributed by atoms with van der Waals surface area (Å²) in [6.45, 7) is 2.18. The molecule has 0 bridgehead atoms. The number of halogens is 2. The second-order valence-electron chi connectivity index (χ2n) is 9.10. The van der Waals surface area contributed by atoms with Crippen LogP contribution in [0.3, 0.4) is 0 Å². The van der Waals surface area contributed by atoms with E-state index in [2.05, 4.69) is 20.6 Å². The molecule has 2 aromatic rings. The number of nitrogens with one attached hydrogen (secondary N) is 3. The first-order chi connectivity index (χ1) is 16.8. The van der Waals surface area contributed by atoms with Crippen LogP contribution in [-0.4, -0.2) is 47.3 Å². The van der Waals surface area contributed by atoms with Crippen LogP contribution in [0.2, 0.25) is 5.02 Å². The monoisotopic (exact) mass is 506 g/mol. The molecule has 35 heavy (non-hydrogen) atoms. The number of hydrogen-bond donors (Lipinski definition) is 3. The first kappa shape index (κ1) is 26.8. The molecule has 2 amide bonds. The maximum Gasteiger partial charge on any atom is 0.270 e. The summed E-state index contributed by atoms with van der Waals surface area (Å²) in [6, 6.07) is 3.71. The highest BCUT2D eigenvalue weighted by Gasteiger charge is 2.27. The van der Waals surface area contributed by atoms with Gasteiger partial charge in [0.25, 0.3) is 5.91 Å². The minimum absolute atomic E-state index is 0.101. The van der Waals surface area contributed by atoms with Gasteiger partial charge in [-0.25, -0.2) is 9.37 Å². The van der Waals surface area contributed by atoms with Crippen molar-refractivity contribution < 1.29 is 23.5 Å². The Labute approximate surface area is 209 Å². The number of imidazole rings is 1. The van der Waals surface area contributed by atoms with Gasteiger partial charge in [0.2, 0.25) is 5.91 Å². The largest absolute Gasteiger partial charge is 0.383 e. The zero-order chi connectivity index (χ0) is 25.4. The molecular weight excluding hydrogens is 475 g/mol. The molecular formula is C25H32ClFN4O4. The van der Waals surface area contributed by atoms with E-state index in [1.54, 1.807) is 7.11 Å². The first-order valence-electron chi connectivity index (χ1n) is 11.9. The van der Waals surface area contributed by atoms with E-state index in [0.717, 1.165) is 32.1 Å².